The Balaban J connectivity index is 1.16. The zero-order valence-corrected chi connectivity index (χ0v) is 34.3. The number of fused-ring (bicyclic) bond motifs is 8. The van der Waals surface area contributed by atoms with E-state index in [-0.39, 0.29) is 0 Å². The molecule has 0 fully saturated rings. The lowest BCUT2D eigenvalue weighted by Gasteiger charge is -2.36. The lowest BCUT2D eigenvalue weighted by molar-refractivity contribution is 1.11. The maximum atomic E-state index is 5.25. The van der Waals surface area contributed by atoms with Gasteiger partial charge in [-0.25, -0.2) is 4.98 Å². The highest BCUT2D eigenvalue weighted by molar-refractivity contribution is 7.26. The van der Waals surface area contributed by atoms with Gasteiger partial charge >= 0.3 is 0 Å². The smallest absolute Gasteiger partial charge is 0.220 e. The second-order valence-electron chi connectivity index (χ2n) is 15.3. The molecule has 12 aromatic rings. The van der Waals surface area contributed by atoms with Gasteiger partial charge in [0.15, 0.2) is 8.07 Å². The standard InChI is InChI=1S/C54H36N4SSi/c1-3-19-38(20-4-1)60(39-21-5-2-6-22-39,40-23-17-18-37(36-40)57-48-30-13-14-31-49(48)58-47-29-12-11-28-46(47)56-54(57)58)51-33-16-10-26-43(51)41-24-7-8-27-44(41)52-53-45(34-35-55-52)42-25-9-15-32-50(42)59-53/h1-36H. The molecule has 282 valence electrons. The third kappa shape index (κ3) is 5.15. The number of pyridine rings is 1. The predicted molar refractivity (Wildman–Crippen MR) is 255 cm³/mol. The van der Waals surface area contributed by atoms with Crippen LogP contribution in [0.15, 0.2) is 219 Å². The Hall–Kier alpha value is -7.38. The van der Waals surface area contributed by atoms with Crippen LogP contribution in [-0.4, -0.2) is 27.0 Å². The molecule has 0 amide bonds. The summed E-state index contributed by atoms with van der Waals surface area (Å²) in [7, 11) is -3.10. The Morgan fingerprint density at radius 2 is 1.07 bits per heavy atom. The summed E-state index contributed by atoms with van der Waals surface area (Å²) in [5, 5.41) is 7.77. The summed E-state index contributed by atoms with van der Waals surface area (Å²) in [6, 6.07) is 77.7. The molecule has 8 aromatic carbocycles. The number of aromatic nitrogens is 4. The number of imidazole rings is 2. The number of hydrogen-bond acceptors (Lipinski definition) is 3. The van der Waals surface area contributed by atoms with Crippen LogP contribution in [0, 0.1) is 0 Å². The van der Waals surface area contributed by atoms with Crippen LogP contribution in [0.2, 0.25) is 0 Å². The zero-order valence-electron chi connectivity index (χ0n) is 32.5. The monoisotopic (exact) mass is 800 g/mol. The van der Waals surface area contributed by atoms with E-state index in [1.807, 2.05) is 17.5 Å². The quantitative estimate of drug-likeness (QED) is 0.119. The summed E-state index contributed by atoms with van der Waals surface area (Å²) < 4.78 is 7.12. The molecule has 0 aliphatic carbocycles. The van der Waals surface area contributed by atoms with Crippen LogP contribution < -0.4 is 20.7 Å². The molecule has 60 heavy (non-hydrogen) atoms. The Morgan fingerprint density at radius 1 is 0.450 bits per heavy atom. The van der Waals surface area contributed by atoms with Crippen LogP contribution in [0.5, 0.6) is 0 Å². The number of para-hydroxylation sites is 4. The Morgan fingerprint density at radius 3 is 1.87 bits per heavy atom. The van der Waals surface area contributed by atoms with Crippen molar-refractivity contribution < 1.29 is 0 Å². The minimum atomic E-state index is -3.10. The van der Waals surface area contributed by atoms with Crippen LogP contribution in [0.25, 0.3) is 76.1 Å². The van der Waals surface area contributed by atoms with E-state index in [9.17, 15) is 0 Å². The summed E-state index contributed by atoms with van der Waals surface area (Å²) in [6.07, 6.45) is 1.97. The predicted octanol–water partition coefficient (Wildman–Crippen LogP) is 10.9. The van der Waals surface area contributed by atoms with Crippen LogP contribution in [0.1, 0.15) is 0 Å². The van der Waals surface area contributed by atoms with Crippen molar-refractivity contribution in [1.82, 2.24) is 18.9 Å². The van der Waals surface area contributed by atoms with Crippen molar-refractivity contribution in [3.63, 3.8) is 0 Å². The van der Waals surface area contributed by atoms with E-state index in [0.29, 0.717) is 0 Å². The normalized spacial score (nSPS) is 12.0. The van der Waals surface area contributed by atoms with Gasteiger partial charge in [-0.05, 0) is 80.4 Å². The summed E-state index contributed by atoms with van der Waals surface area (Å²) in [4.78, 5) is 10.4. The molecule has 6 heteroatoms. The van der Waals surface area contributed by atoms with Crippen LogP contribution in [0.3, 0.4) is 0 Å². The first-order valence-corrected chi connectivity index (χ1v) is 23.1. The van der Waals surface area contributed by atoms with E-state index in [0.717, 1.165) is 44.8 Å². The van der Waals surface area contributed by atoms with Crippen molar-refractivity contribution in [1.29, 1.82) is 0 Å². The van der Waals surface area contributed by atoms with Crippen molar-refractivity contribution in [2.45, 2.75) is 0 Å². The van der Waals surface area contributed by atoms with E-state index in [4.69, 9.17) is 9.97 Å². The molecular formula is C54H36N4SSi. The molecule has 0 aliphatic heterocycles. The van der Waals surface area contributed by atoms with E-state index in [1.54, 1.807) is 0 Å². The minimum absolute atomic E-state index is 0.901. The third-order valence-corrected chi connectivity index (χ3v) is 18.2. The van der Waals surface area contributed by atoms with Gasteiger partial charge in [-0.15, -0.1) is 11.3 Å². The number of thiophene rings is 1. The second kappa shape index (κ2) is 13.9. The molecule has 4 heterocycles. The number of benzene rings is 8. The fourth-order valence-corrected chi connectivity index (χ4v) is 15.8. The summed E-state index contributed by atoms with van der Waals surface area (Å²) in [5.74, 6) is 0.901. The van der Waals surface area contributed by atoms with E-state index in [2.05, 4.69) is 221 Å². The topological polar surface area (TPSA) is 35.1 Å². The molecular weight excluding hydrogens is 765 g/mol. The van der Waals surface area contributed by atoms with Gasteiger partial charge in [-0.3, -0.25) is 14.0 Å². The van der Waals surface area contributed by atoms with Crippen molar-refractivity contribution in [2.24, 2.45) is 0 Å². The lowest BCUT2D eigenvalue weighted by Crippen LogP contribution is -2.75. The fourth-order valence-electron chi connectivity index (χ4n) is 9.64. The van der Waals surface area contributed by atoms with E-state index < -0.39 is 8.07 Å². The number of rotatable bonds is 7. The van der Waals surface area contributed by atoms with Gasteiger partial charge in [-0.2, -0.15) is 0 Å². The van der Waals surface area contributed by atoms with E-state index >= 15 is 0 Å². The van der Waals surface area contributed by atoms with Gasteiger partial charge in [0.05, 0.1) is 32.5 Å². The van der Waals surface area contributed by atoms with Gasteiger partial charge in [0, 0.05) is 32.9 Å². The van der Waals surface area contributed by atoms with Crippen LogP contribution in [-0.2, 0) is 0 Å². The molecule has 4 nitrogen and oxygen atoms in total. The average Bonchev–Trinajstić information content (AvgIpc) is 3.99. The van der Waals surface area contributed by atoms with E-state index in [1.165, 1.54) is 52.0 Å². The molecule has 0 atom stereocenters. The highest BCUT2D eigenvalue weighted by Gasteiger charge is 2.43. The Kier molecular flexibility index (Phi) is 8.01. The molecule has 0 saturated heterocycles. The van der Waals surface area contributed by atoms with Gasteiger partial charge in [0.25, 0.3) is 0 Å². The van der Waals surface area contributed by atoms with Gasteiger partial charge in [0.1, 0.15) is 0 Å². The fraction of sp³-hybridized carbons (Fsp3) is 0. The zero-order chi connectivity index (χ0) is 39.6. The molecule has 0 saturated carbocycles. The lowest BCUT2D eigenvalue weighted by atomic mass is 9.96. The molecule has 4 aromatic heterocycles. The molecule has 0 bridgehead atoms. The van der Waals surface area contributed by atoms with Crippen LogP contribution in [0.4, 0.5) is 0 Å². The molecule has 12 rings (SSSR count). The summed E-state index contributed by atoms with van der Waals surface area (Å²) >= 11 is 1.83. The van der Waals surface area contributed by atoms with Crippen molar-refractivity contribution >= 4 is 88.2 Å². The first kappa shape index (κ1) is 34.6. The van der Waals surface area contributed by atoms with Crippen molar-refractivity contribution in [3.8, 4) is 28.1 Å². The molecule has 0 aliphatic rings. The molecule has 0 unspecified atom stereocenters. The summed E-state index contributed by atoms with van der Waals surface area (Å²) in [6.45, 7) is 0. The third-order valence-electron chi connectivity index (χ3n) is 12.2. The minimum Gasteiger partial charge on any atom is -0.278 e. The molecule has 0 spiro atoms. The van der Waals surface area contributed by atoms with Gasteiger partial charge < -0.3 is 0 Å². The maximum absolute atomic E-state index is 5.25. The average molecular weight is 801 g/mol. The SMILES string of the molecule is c1ccc([Si](c2ccccc2)(c2cccc(-n3c4ccccc4n4c5ccccc5nc34)c2)c2ccccc2-c2ccccc2-c2nccc3c2sc2ccccc23)cc1. The van der Waals surface area contributed by atoms with Crippen molar-refractivity contribution in [3.05, 3.63) is 219 Å². The Labute approximate surface area is 351 Å². The van der Waals surface area contributed by atoms with Gasteiger partial charge in [0.2, 0.25) is 5.78 Å². The first-order valence-electron chi connectivity index (χ1n) is 20.3. The van der Waals surface area contributed by atoms with Crippen LogP contribution >= 0.6 is 11.3 Å². The number of hydrogen-bond donors (Lipinski definition) is 0. The highest BCUT2D eigenvalue weighted by atomic mass is 32.1. The molecule has 0 radical (unpaired) electrons. The van der Waals surface area contributed by atoms with Crippen molar-refractivity contribution in [2.75, 3.05) is 0 Å². The largest absolute Gasteiger partial charge is 0.278 e. The molecule has 0 N–H and O–H groups in total. The maximum Gasteiger partial charge on any atom is 0.220 e. The number of nitrogens with zero attached hydrogens (tertiary/aromatic N) is 4. The first-order chi connectivity index (χ1) is 29.8. The Bertz CT molecular complexity index is 3530. The van der Waals surface area contributed by atoms with Gasteiger partial charge in [-0.1, -0.05) is 164 Å². The highest BCUT2D eigenvalue weighted by Crippen LogP contribution is 2.41. The second-order valence-corrected chi connectivity index (χ2v) is 20.1. The summed E-state index contributed by atoms with van der Waals surface area (Å²) in [5.41, 5.74) is 9.95.